The molecule has 0 heterocycles. The predicted octanol–water partition coefficient (Wildman–Crippen LogP) is 1.15. The van der Waals surface area contributed by atoms with E-state index in [1.165, 1.54) is 6.07 Å². The minimum Gasteiger partial charge on any atom is -0.493 e. The molecule has 1 unspecified atom stereocenters. The van der Waals surface area contributed by atoms with E-state index in [1.54, 1.807) is 25.3 Å². The summed E-state index contributed by atoms with van der Waals surface area (Å²) in [5.74, 6) is 1.08. The molecule has 28 heavy (non-hydrogen) atoms. The molecule has 8 heteroatoms. The van der Waals surface area contributed by atoms with Crippen molar-refractivity contribution < 1.29 is 27.6 Å². The molecule has 0 saturated carbocycles. The Labute approximate surface area is 166 Å². The number of likely N-dealkylation sites (N-methyl/N-ethyl adjacent to an activating group) is 1. The van der Waals surface area contributed by atoms with Crippen molar-refractivity contribution in [3.05, 3.63) is 48.0 Å². The van der Waals surface area contributed by atoms with Gasteiger partial charge in [-0.1, -0.05) is 12.1 Å². The number of benzene rings is 2. The fraction of sp³-hybridized carbons (Fsp3) is 0.350. The van der Waals surface area contributed by atoms with E-state index in [1.807, 2.05) is 32.2 Å². The molecule has 152 valence electrons. The van der Waals surface area contributed by atoms with Gasteiger partial charge in [-0.2, -0.15) is 0 Å². The summed E-state index contributed by atoms with van der Waals surface area (Å²) in [7, 11) is 0.0620. The van der Waals surface area contributed by atoms with Crippen LogP contribution in [0.3, 0.4) is 0 Å². The molecular formula is C20H27N2O5S+. The highest BCUT2D eigenvalue weighted by Gasteiger charge is 2.17. The first kappa shape index (κ1) is 21.7. The van der Waals surface area contributed by atoms with Gasteiger partial charge in [0.15, 0.2) is 27.9 Å². The zero-order valence-corrected chi connectivity index (χ0v) is 17.4. The van der Waals surface area contributed by atoms with Gasteiger partial charge in [-0.25, -0.2) is 8.42 Å². The highest BCUT2D eigenvalue weighted by atomic mass is 32.2. The Bertz CT molecular complexity index is 928. The highest BCUT2D eigenvalue weighted by Crippen LogP contribution is 2.27. The molecule has 0 aromatic heterocycles. The summed E-state index contributed by atoms with van der Waals surface area (Å²) in [4.78, 5) is 13.4. The number of nitrogens with one attached hydrogen (secondary N) is 2. The van der Waals surface area contributed by atoms with Gasteiger partial charge < -0.3 is 19.7 Å². The lowest BCUT2D eigenvalue weighted by atomic mass is 10.2. The number of carbonyl (C=O) groups is 1. The summed E-state index contributed by atoms with van der Waals surface area (Å²) in [5, 5.41) is 2.70. The summed E-state index contributed by atoms with van der Waals surface area (Å²) >= 11 is 0. The normalized spacial score (nSPS) is 12.3. The van der Waals surface area contributed by atoms with Crippen molar-refractivity contribution in [2.75, 3.05) is 38.9 Å². The third-order valence-electron chi connectivity index (χ3n) is 4.06. The van der Waals surface area contributed by atoms with Gasteiger partial charge in [-0.3, -0.25) is 4.79 Å². The fourth-order valence-electron chi connectivity index (χ4n) is 2.87. The van der Waals surface area contributed by atoms with Crippen LogP contribution in [0.5, 0.6) is 11.5 Å². The van der Waals surface area contributed by atoms with Crippen molar-refractivity contribution in [3.8, 4) is 11.5 Å². The molecule has 7 nitrogen and oxygen atoms in total. The summed E-state index contributed by atoms with van der Waals surface area (Å²) in [6, 6.07) is 12.1. The Balaban J connectivity index is 2.02. The van der Waals surface area contributed by atoms with Crippen molar-refractivity contribution in [1.29, 1.82) is 0 Å². The molecule has 0 saturated heterocycles. The number of para-hydroxylation sites is 1. The zero-order valence-electron chi connectivity index (χ0n) is 16.6. The molecule has 1 atom stereocenters. The number of hydrogen-bond donors (Lipinski definition) is 2. The van der Waals surface area contributed by atoms with Gasteiger partial charge in [-0.05, 0) is 37.3 Å². The van der Waals surface area contributed by atoms with Gasteiger partial charge in [0.1, 0.15) is 6.54 Å². The van der Waals surface area contributed by atoms with Crippen LogP contribution in [0.4, 0.5) is 5.69 Å². The molecule has 0 aliphatic carbocycles. The van der Waals surface area contributed by atoms with E-state index in [0.717, 1.165) is 16.7 Å². The van der Waals surface area contributed by atoms with Crippen LogP contribution < -0.4 is 19.7 Å². The van der Waals surface area contributed by atoms with Gasteiger partial charge in [0.2, 0.25) is 0 Å². The number of carbonyl (C=O) groups excluding carboxylic acids is 1. The van der Waals surface area contributed by atoms with E-state index in [-0.39, 0.29) is 17.3 Å². The van der Waals surface area contributed by atoms with Gasteiger partial charge in [-0.15, -0.1) is 0 Å². The molecule has 0 fully saturated rings. The van der Waals surface area contributed by atoms with Gasteiger partial charge >= 0.3 is 0 Å². The molecule has 0 aliphatic rings. The molecule has 0 aliphatic heterocycles. The van der Waals surface area contributed by atoms with E-state index in [2.05, 4.69) is 5.32 Å². The molecular weight excluding hydrogens is 380 g/mol. The Morgan fingerprint density at radius 3 is 2.50 bits per heavy atom. The Kier molecular flexibility index (Phi) is 7.42. The number of ether oxygens (including phenoxy) is 2. The van der Waals surface area contributed by atoms with E-state index >= 15 is 0 Å². The van der Waals surface area contributed by atoms with Crippen LogP contribution in [0.25, 0.3) is 0 Å². The second-order valence-electron chi connectivity index (χ2n) is 6.55. The van der Waals surface area contributed by atoms with Crippen LogP contribution >= 0.6 is 0 Å². The molecule has 0 spiro atoms. The second-order valence-corrected chi connectivity index (χ2v) is 8.53. The Hall–Kier alpha value is -2.58. The average Bonchev–Trinajstić information content (AvgIpc) is 2.62. The number of amides is 1. The average molecular weight is 408 g/mol. The van der Waals surface area contributed by atoms with Gasteiger partial charge in [0.05, 0.1) is 31.3 Å². The van der Waals surface area contributed by atoms with E-state index in [4.69, 9.17) is 9.47 Å². The van der Waals surface area contributed by atoms with Crippen LogP contribution in [-0.2, 0) is 21.2 Å². The molecule has 0 radical (unpaired) electrons. The maximum atomic E-state index is 12.4. The highest BCUT2D eigenvalue weighted by molar-refractivity contribution is 7.90. The van der Waals surface area contributed by atoms with Crippen LogP contribution in [0.2, 0.25) is 0 Å². The number of rotatable bonds is 9. The third-order valence-corrected chi connectivity index (χ3v) is 5.21. The Morgan fingerprint density at radius 1 is 1.14 bits per heavy atom. The molecule has 0 bridgehead atoms. The van der Waals surface area contributed by atoms with Crippen molar-refractivity contribution in [3.63, 3.8) is 0 Å². The summed E-state index contributed by atoms with van der Waals surface area (Å²) in [6.45, 7) is 3.25. The largest absolute Gasteiger partial charge is 0.493 e. The number of hydrogen-bond acceptors (Lipinski definition) is 5. The zero-order chi connectivity index (χ0) is 20.7. The summed E-state index contributed by atoms with van der Waals surface area (Å²) in [6.07, 6.45) is 1.12. The maximum Gasteiger partial charge on any atom is 0.279 e. The molecule has 2 N–H and O–H groups in total. The molecule has 2 aromatic rings. The number of sulfone groups is 1. The van der Waals surface area contributed by atoms with Crippen molar-refractivity contribution >= 4 is 21.4 Å². The van der Waals surface area contributed by atoms with Crippen molar-refractivity contribution in [2.24, 2.45) is 0 Å². The van der Waals surface area contributed by atoms with E-state index in [0.29, 0.717) is 30.3 Å². The predicted molar refractivity (Wildman–Crippen MR) is 108 cm³/mol. The fourth-order valence-corrected chi connectivity index (χ4v) is 3.71. The van der Waals surface area contributed by atoms with Crippen LogP contribution in [0.1, 0.15) is 12.5 Å². The second kappa shape index (κ2) is 9.57. The first-order valence-corrected chi connectivity index (χ1v) is 10.8. The number of quaternary nitrogens is 1. The molecule has 2 aromatic carbocycles. The maximum absolute atomic E-state index is 12.4. The smallest absolute Gasteiger partial charge is 0.279 e. The summed E-state index contributed by atoms with van der Waals surface area (Å²) < 4.78 is 34.6. The van der Waals surface area contributed by atoms with Gasteiger partial charge in [0.25, 0.3) is 5.91 Å². The summed E-state index contributed by atoms with van der Waals surface area (Å²) in [5.41, 5.74) is 1.30. The molecule has 2 rings (SSSR count). The van der Waals surface area contributed by atoms with E-state index < -0.39 is 9.84 Å². The van der Waals surface area contributed by atoms with E-state index in [9.17, 15) is 13.2 Å². The lowest BCUT2D eigenvalue weighted by molar-refractivity contribution is -0.885. The minimum atomic E-state index is -3.42. The third kappa shape index (κ3) is 5.97. The topological polar surface area (TPSA) is 86.1 Å². The lowest BCUT2D eigenvalue weighted by Crippen LogP contribution is -3.08. The van der Waals surface area contributed by atoms with Crippen molar-refractivity contribution in [1.82, 2.24) is 0 Å². The molecule has 1 amide bonds. The monoisotopic (exact) mass is 407 g/mol. The first-order chi connectivity index (χ1) is 13.2. The van der Waals surface area contributed by atoms with Gasteiger partial charge in [0, 0.05) is 11.8 Å². The number of anilines is 1. The lowest BCUT2D eigenvalue weighted by Gasteiger charge is -2.16. The quantitative estimate of drug-likeness (QED) is 0.651. The van der Waals surface area contributed by atoms with Crippen LogP contribution in [0.15, 0.2) is 47.4 Å². The number of methoxy groups -OCH3 is 1. The van der Waals surface area contributed by atoms with Crippen LogP contribution in [0, 0.1) is 0 Å². The van der Waals surface area contributed by atoms with Crippen LogP contribution in [-0.4, -0.2) is 47.9 Å². The Morgan fingerprint density at radius 2 is 1.86 bits per heavy atom. The standard InChI is InChI=1S/C20H26N2O5S/c1-5-27-17-11-10-15(12-18(17)26-3)13-22(2)14-20(23)21-16-8-6-7-9-19(16)28(4,24)25/h6-12H,5,13-14H2,1-4H3,(H,21,23)/p+1. The minimum absolute atomic E-state index is 0.109. The first-order valence-electron chi connectivity index (χ1n) is 8.94. The van der Waals surface area contributed by atoms with Crippen molar-refractivity contribution in [2.45, 2.75) is 18.4 Å². The SMILES string of the molecule is CCOc1ccc(C[NH+](C)CC(=O)Nc2ccccc2S(C)(=O)=O)cc1OC.